The maximum Gasteiger partial charge on any atom is 0.342 e. The molecular weight excluding hydrogens is 224 g/mol. The third-order valence-electron chi connectivity index (χ3n) is 2.40. The van der Waals surface area contributed by atoms with Crippen molar-refractivity contribution in [3.8, 4) is 11.5 Å². The van der Waals surface area contributed by atoms with Crippen LogP contribution >= 0.6 is 0 Å². The zero-order valence-corrected chi connectivity index (χ0v) is 10.1. The molecule has 1 aromatic carbocycles. The van der Waals surface area contributed by atoms with E-state index in [4.69, 9.17) is 9.47 Å². The molecule has 0 aliphatic carbocycles. The predicted molar refractivity (Wildman–Crippen MR) is 60.9 cm³/mol. The van der Waals surface area contributed by atoms with Gasteiger partial charge < -0.3 is 19.7 Å². The molecule has 1 unspecified atom stereocenters. The Kier molecular flexibility index (Phi) is 3.96. The lowest BCUT2D eigenvalue weighted by Crippen LogP contribution is -2.34. The number of hydrogen-bond donors (Lipinski definition) is 2. The number of benzene rings is 1. The Morgan fingerprint density at radius 1 is 1.47 bits per heavy atom. The zero-order valence-electron chi connectivity index (χ0n) is 10.1. The normalized spacial score (nSPS) is 13.9. The first-order chi connectivity index (χ1) is 7.93. The van der Waals surface area contributed by atoms with E-state index in [1.807, 2.05) is 0 Å². The lowest BCUT2D eigenvalue weighted by Gasteiger charge is -2.22. The van der Waals surface area contributed by atoms with E-state index in [0.717, 1.165) is 0 Å². The van der Waals surface area contributed by atoms with E-state index in [1.54, 1.807) is 6.92 Å². The SMILES string of the molecule is CCOC(=O)C(C)(O)c1cc(OC)ccc1O. The van der Waals surface area contributed by atoms with Crippen LogP contribution in [0, 0.1) is 0 Å². The van der Waals surface area contributed by atoms with Gasteiger partial charge in [0.05, 0.1) is 13.7 Å². The quantitative estimate of drug-likeness (QED) is 0.773. The Labute approximate surface area is 99.6 Å². The van der Waals surface area contributed by atoms with Crippen LogP contribution in [0.15, 0.2) is 18.2 Å². The highest BCUT2D eigenvalue weighted by molar-refractivity contribution is 5.81. The molecule has 0 heterocycles. The van der Waals surface area contributed by atoms with Crippen molar-refractivity contribution in [1.29, 1.82) is 0 Å². The molecular formula is C12H16O5. The molecule has 0 aliphatic rings. The molecule has 0 saturated carbocycles. The number of carbonyl (C=O) groups is 1. The van der Waals surface area contributed by atoms with Gasteiger partial charge in [-0.25, -0.2) is 4.79 Å². The summed E-state index contributed by atoms with van der Waals surface area (Å²) in [5.41, 5.74) is -1.86. The Morgan fingerprint density at radius 3 is 2.65 bits per heavy atom. The second kappa shape index (κ2) is 5.05. The molecule has 1 rings (SSSR count). The van der Waals surface area contributed by atoms with E-state index < -0.39 is 11.6 Å². The Bertz CT molecular complexity index is 411. The van der Waals surface area contributed by atoms with Crippen LogP contribution in [0.25, 0.3) is 0 Å². The molecule has 94 valence electrons. The molecule has 0 radical (unpaired) electrons. The molecule has 0 aliphatic heterocycles. The van der Waals surface area contributed by atoms with Crippen LogP contribution in [-0.4, -0.2) is 29.9 Å². The second-order valence-corrected chi connectivity index (χ2v) is 3.68. The molecule has 5 heteroatoms. The summed E-state index contributed by atoms with van der Waals surface area (Å²) in [6.07, 6.45) is 0. The van der Waals surface area contributed by atoms with Crippen LogP contribution < -0.4 is 4.74 Å². The largest absolute Gasteiger partial charge is 0.508 e. The highest BCUT2D eigenvalue weighted by Gasteiger charge is 2.36. The summed E-state index contributed by atoms with van der Waals surface area (Å²) in [6, 6.07) is 4.27. The third kappa shape index (κ3) is 2.68. The van der Waals surface area contributed by atoms with Gasteiger partial charge in [-0.15, -0.1) is 0 Å². The summed E-state index contributed by atoms with van der Waals surface area (Å²) >= 11 is 0. The van der Waals surface area contributed by atoms with Crippen LogP contribution in [-0.2, 0) is 15.1 Å². The molecule has 0 aromatic heterocycles. The van der Waals surface area contributed by atoms with Crippen molar-refractivity contribution >= 4 is 5.97 Å². The fourth-order valence-electron chi connectivity index (χ4n) is 1.41. The summed E-state index contributed by atoms with van der Waals surface area (Å²) in [5, 5.41) is 19.8. The zero-order chi connectivity index (χ0) is 13.1. The van der Waals surface area contributed by atoms with Gasteiger partial charge in [0.25, 0.3) is 0 Å². The van der Waals surface area contributed by atoms with Gasteiger partial charge in [0, 0.05) is 5.56 Å². The predicted octanol–water partition coefficient (Wildman–Crippen LogP) is 1.17. The average Bonchev–Trinajstić information content (AvgIpc) is 2.29. The summed E-state index contributed by atoms with van der Waals surface area (Å²) in [7, 11) is 1.45. The lowest BCUT2D eigenvalue weighted by molar-refractivity contribution is -0.164. The molecule has 0 amide bonds. The Hall–Kier alpha value is -1.75. The minimum Gasteiger partial charge on any atom is -0.508 e. The number of hydrogen-bond acceptors (Lipinski definition) is 5. The van der Waals surface area contributed by atoms with Gasteiger partial charge >= 0.3 is 5.97 Å². The fraction of sp³-hybridized carbons (Fsp3) is 0.417. The number of rotatable bonds is 4. The fourth-order valence-corrected chi connectivity index (χ4v) is 1.41. The molecule has 0 bridgehead atoms. The summed E-state index contributed by atoms with van der Waals surface area (Å²) in [4.78, 5) is 11.6. The molecule has 1 atom stereocenters. The van der Waals surface area contributed by atoms with Gasteiger partial charge in [-0.1, -0.05) is 0 Å². The molecule has 17 heavy (non-hydrogen) atoms. The number of esters is 1. The van der Waals surface area contributed by atoms with Gasteiger partial charge in [0.15, 0.2) is 5.60 Å². The van der Waals surface area contributed by atoms with Crippen molar-refractivity contribution in [1.82, 2.24) is 0 Å². The molecule has 2 N–H and O–H groups in total. The topological polar surface area (TPSA) is 76.0 Å². The Balaban J connectivity index is 3.17. The van der Waals surface area contributed by atoms with Crippen LogP contribution in [0.2, 0.25) is 0 Å². The number of methoxy groups -OCH3 is 1. The maximum atomic E-state index is 11.6. The number of phenolic OH excluding ortho intramolecular Hbond substituents is 1. The Morgan fingerprint density at radius 2 is 2.12 bits per heavy atom. The minimum atomic E-state index is -1.91. The lowest BCUT2D eigenvalue weighted by atomic mass is 9.95. The molecule has 5 nitrogen and oxygen atoms in total. The van der Waals surface area contributed by atoms with E-state index in [-0.39, 0.29) is 17.9 Å². The van der Waals surface area contributed by atoms with Crippen molar-refractivity contribution in [2.24, 2.45) is 0 Å². The number of ether oxygens (including phenoxy) is 2. The van der Waals surface area contributed by atoms with Gasteiger partial charge in [-0.05, 0) is 32.0 Å². The molecule has 0 spiro atoms. The summed E-state index contributed by atoms with van der Waals surface area (Å²) < 4.78 is 9.72. The number of aromatic hydroxyl groups is 1. The van der Waals surface area contributed by atoms with Crippen LogP contribution in [0.4, 0.5) is 0 Å². The van der Waals surface area contributed by atoms with E-state index >= 15 is 0 Å². The van der Waals surface area contributed by atoms with E-state index in [9.17, 15) is 15.0 Å². The highest BCUT2D eigenvalue weighted by atomic mass is 16.5. The maximum absolute atomic E-state index is 11.6. The van der Waals surface area contributed by atoms with Crippen molar-refractivity contribution in [2.45, 2.75) is 19.4 Å². The first kappa shape index (κ1) is 13.3. The first-order valence-electron chi connectivity index (χ1n) is 5.20. The average molecular weight is 240 g/mol. The second-order valence-electron chi connectivity index (χ2n) is 3.68. The first-order valence-corrected chi connectivity index (χ1v) is 5.20. The summed E-state index contributed by atoms with van der Waals surface area (Å²) in [6.45, 7) is 3.05. The van der Waals surface area contributed by atoms with E-state index in [2.05, 4.69) is 0 Å². The monoisotopic (exact) mass is 240 g/mol. The van der Waals surface area contributed by atoms with Crippen molar-refractivity contribution in [2.75, 3.05) is 13.7 Å². The number of phenols is 1. The smallest absolute Gasteiger partial charge is 0.342 e. The third-order valence-corrected chi connectivity index (χ3v) is 2.40. The van der Waals surface area contributed by atoms with Crippen LogP contribution in [0.5, 0.6) is 11.5 Å². The molecule has 0 fully saturated rings. The minimum absolute atomic E-state index is 0.0512. The van der Waals surface area contributed by atoms with Crippen LogP contribution in [0.1, 0.15) is 19.4 Å². The van der Waals surface area contributed by atoms with Crippen molar-refractivity contribution in [3.63, 3.8) is 0 Å². The van der Waals surface area contributed by atoms with E-state index in [1.165, 1.54) is 32.2 Å². The van der Waals surface area contributed by atoms with Gasteiger partial charge in [0.2, 0.25) is 0 Å². The van der Waals surface area contributed by atoms with E-state index in [0.29, 0.717) is 5.75 Å². The standard InChI is InChI=1S/C12H16O5/c1-4-17-11(14)12(2,15)9-7-8(16-3)5-6-10(9)13/h5-7,13,15H,4H2,1-3H3. The molecule has 0 saturated heterocycles. The van der Waals surface area contributed by atoms with Crippen molar-refractivity contribution in [3.05, 3.63) is 23.8 Å². The van der Waals surface area contributed by atoms with Crippen LogP contribution in [0.3, 0.4) is 0 Å². The van der Waals surface area contributed by atoms with Gasteiger partial charge in [-0.2, -0.15) is 0 Å². The number of aliphatic hydroxyl groups is 1. The van der Waals surface area contributed by atoms with Gasteiger partial charge in [-0.3, -0.25) is 0 Å². The number of carbonyl (C=O) groups excluding carboxylic acids is 1. The van der Waals surface area contributed by atoms with Gasteiger partial charge in [0.1, 0.15) is 11.5 Å². The highest BCUT2D eigenvalue weighted by Crippen LogP contribution is 2.33. The molecule has 1 aromatic rings. The summed E-state index contributed by atoms with van der Waals surface area (Å²) in [5.74, 6) is -0.574. The van der Waals surface area contributed by atoms with Crippen molar-refractivity contribution < 1.29 is 24.5 Å².